The van der Waals surface area contributed by atoms with E-state index < -0.39 is 12.4 Å². The van der Waals surface area contributed by atoms with Crippen molar-refractivity contribution in [2.45, 2.75) is 137 Å². The van der Waals surface area contributed by atoms with Gasteiger partial charge in [-0.15, -0.1) is 0 Å². The van der Waals surface area contributed by atoms with E-state index in [4.69, 9.17) is 23.7 Å². The number of hydrogen-bond donors (Lipinski definition) is 0. The predicted molar refractivity (Wildman–Crippen MR) is 161 cm³/mol. The van der Waals surface area contributed by atoms with E-state index in [-0.39, 0.29) is 24.9 Å². The molecule has 0 amide bonds. The largest absolute Gasteiger partial charge is 0.508 e. The summed E-state index contributed by atoms with van der Waals surface area (Å²) in [5, 5.41) is 0. The Hall–Kier alpha value is -1.38. The molecule has 1 unspecified atom stereocenters. The van der Waals surface area contributed by atoms with Crippen LogP contribution < -0.4 is 0 Å². The van der Waals surface area contributed by atoms with Crippen LogP contribution in [-0.4, -0.2) is 69.4 Å². The molecule has 0 aliphatic heterocycles. The molecule has 0 bridgehead atoms. The highest BCUT2D eigenvalue weighted by Crippen LogP contribution is 2.13. The Morgan fingerprint density at radius 1 is 0.700 bits per heavy atom. The highest BCUT2D eigenvalue weighted by atomic mass is 16.7. The van der Waals surface area contributed by atoms with Crippen molar-refractivity contribution in [1.82, 2.24) is 4.90 Å². The fourth-order valence-electron chi connectivity index (χ4n) is 4.16. The van der Waals surface area contributed by atoms with E-state index in [1.54, 1.807) is 0 Å². The summed E-state index contributed by atoms with van der Waals surface area (Å²) in [6.07, 6.45) is 14.8. The molecule has 1 atom stereocenters. The SMILES string of the molecule is CCCCCCCCOC(CCC(=O)O[CH]C(C)COC(=O)OCCCN(CC)CC)OCCCCCCCC. The van der Waals surface area contributed by atoms with E-state index in [1.807, 2.05) is 6.92 Å². The number of esters is 1. The van der Waals surface area contributed by atoms with E-state index >= 15 is 0 Å². The molecule has 8 nitrogen and oxygen atoms in total. The van der Waals surface area contributed by atoms with Crippen LogP contribution in [0.1, 0.15) is 131 Å². The maximum Gasteiger partial charge on any atom is 0.508 e. The van der Waals surface area contributed by atoms with Gasteiger partial charge in [-0.1, -0.05) is 98.8 Å². The Kier molecular flexibility index (Phi) is 28.1. The van der Waals surface area contributed by atoms with Crippen molar-refractivity contribution < 1.29 is 33.3 Å². The van der Waals surface area contributed by atoms with Gasteiger partial charge >= 0.3 is 12.1 Å². The highest BCUT2D eigenvalue weighted by molar-refractivity contribution is 5.69. The first-order chi connectivity index (χ1) is 19.5. The lowest BCUT2D eigenvalue weighted by molar-refractivity contribution is -0.158. The van der Waals surface area contributed by atoms with Crippen molar-refractivity contribution in [3.05, 3.63) is 6.61 Å². The van der Waals surface area contributed by atoms with Gasteiger partial charge in [-0.3, -0.25) is 4.79 Å². The summed E-state index contributed by atoms with van der Waals surface area (Å²) >= 11 is 0. The second-order valence-corrected chi connectivity index (χ2v) is 10.6. The third-order valence-corrected chi connectivity index (χ3v) is 6.82. The van der Waals surface area contributed by atoms with Crippen molar-refractivity contribution in [1.29, 1.82) is 0 Å². The molecule has 0 aliphatic carbocycles. The summed E-state index contributed by atoms with van der Waals surface area (Å²) in [4.78, 5) is 26.4. The molecule has 0 fully saturated rings. The van der Waals surface area contributed by atoms with E-state index in [0.29, 0.717) is 26.2 Å². The molecular formula is C32H62NO7. The normalized spacial score (nSPS) is 12.2. The van der Waals surface area contributed by atoms with Crippen LogP contribution in [0.2, 0.25) is 0 Å². The number of unbranched alkanes of at least 4 members (excludes halogenated alkanes) is 10. The molecule has 237 valence electrons. The zero-order chi connectivity index (χ0) is 29.7. The Morgan fingerprint density at radius 3 is 1.80 bits per heavy atom. The van der Waals surface area contributed by atoms with Crippen molar-refractivity contribution in [3.8, 4) is 0 Å². The quantitative estimate of drug-likeness (QED) is 0.0505. The summed E-state index contributed by atoms with van der Waals surface area (Å²) in [5.41, 5.74) is 0. The first kappa shape index (κ1) is 38.6. The van der Waals surface area contributed by atoms with Crippen LogP contribution >= 0.6 is 0 Å². The molecule has 0 aromatic rings. The van der Waals surface area contributed by atoms with Crippen LogP contribution in [0, 0.1) is 12.5 Å². The number of nitrogens with zero attached hydrogens (tertiary/aromatic N) is 1. The summed E-state index contributed by atoms with van der Waals surface area (Å²) in [6.45, 7) is 16.4. The van der Waals surface area contributed by atoms with Gasteiger partial charge in [0.1, 0.15) is 13.2 Å². The molecule has 0 aliphatic rings. The fraction of sp³-hybridized carbons (Fsp3) is 0.906. The van der Waals surface area contributed by atoms with E-state index in [2.05, 4.69) is 32.6 Å². The van der Waals surface area contributed by atoms with Crippen molar-refractivity contribution in [3.63, 3.8) is 0 Å². The van der Waals surface area contributed by atoms with Crippen LogP contribution in [0.15, 0.2) is 0 Å². The van der Waals surface area contributed by atoms with Crippen LogP contribution in [-0.2, 0) is 28.5 Å². The number of carbonyl (C=O) groups is 2. The van der Waals surface area contributed by atoms with Gasteiger partial charge in [-0.25, -0.2) is 4.79 Å². The van der Waals surface area contributed by atoms with Gasteiger partial charge in [0.2, 0.25) is 0 Å². The Balaban J connectivity index is 4.17. The third kappa shape index (κ3) is 25.6. The Bertz CT molecular complexity index is 553. The van der Waals surface area contributed by atoms with Gasteiger partial charge in [0.15, 0.2) is 6.29 Å². The first-order valence-electron chi connectivity index (χ1n) is 16.2. The monoisotopic (exact) mass is 572 g/mol. The van der Waals surface area contributed by atoms with E-state index in [9.17, 15) is 9.59 Å². The summed E-state index contributed by atoms with van der Waals surface area (Å²) in [5.74, 6) is -0.585. The Morgan fingerprint density at radius 2 is 1.25 bits per heavy atom. The molecule has 0 saturated carbocycles. The van der Waals surface area contributed by atoms with E-state index in [1.165, 1.54) is 58.0 Å². The predicted octanol–water partition coefficient (Wildman–Crippen LogP) is 8.07. The van der Waals surface area contributed by atoms with Crippen molar-refractivity contribution in [2.24, 2.45) is 5.92 Å². The number of rotatable bonds is 29. The van der Waals surface area contributed by atoms with Gasteiger partial charge in [0.25, 0.3) is 0 Å². The third-order valence-electron chi connectivity index (χ3n) is 6.82. The van der Waals surface area contributed by atoms with Crippen molar-refractivity contribution in [2.75, 3.05) is 46.1 Å². The second-order valence-electron chi connectivity index (χ2n) is 10.6. The van der Waals surface area contributed by atoms with Gasteiger partial charge < -0.3 is 28.6 Å². The number of carbonyl (C=O) groups excluding carboxylic acids is 2. The molecular weight excluding hydrogens is 510 g/mol. The van der Waals surface area contributed by atoms with Crippen LogP contribution in [0.25, 0.3) is 0 Å². The summed E-state index contributed by atoms with van der Waals surface area (Å²) in [6, 6.07) is 0. The van der Waals surface area contributed by atoms with Gasteiger partial charge in [0, 0.05) is 32.1 Å². The lowest BCUT2D eigenvalue weighted by atomic mass is 10.1. The number of hydrogen-bond acceptors (Lipinski definition) is 8. The van der Waals surface area contributed by atoms with Gasteiger partial charge in [0.05, 0.1) is 13.0 Å². The molecule has 0 aromatic carbocycles. The molecule has 0 aromatic heterocycles. The van der Waals surface area contributed by atoms with Gasteiger partial charge in [-0.2, -0.15) is 0 Å². The molecule has 0 rings (SSSR count). The van der Waals surface area contributed by atoms with Crippen molar-refractivity contribution >= 4 is 12.1 Å². The topological polar surface area (TPSA) is 83.5 Å². The molecule has 40 heavy (non-hydrogen) atoms. The number of ether oxygens (including phenoxy) is 5. The van der Waals surface area contributed by atoms with E-state index in [0.717, 1.165) is 51.7 Å². The average Bonchev–Trinajstić information content (AvgIpc) is 2.96. The second kappa shape index (κ2) is 29.1. The summed E-state index contributed by atoms with van der Waals surface area (Å²) in [7, 11) is 0. The highest BCUT2D eigenvalue weighted by Gasteiger charge is 2.16. The first-order valence-corrected chi connectivity index (χ1v) is 16.2. The molecule has 0 spiro atoms. The molecule has 0 saturated heterocycles. The van der Waals surface area contributed by atoms with Gasteiger partial charge in [-0.05, 0) is 32.4 Å². The lowest BCUT2D eigenvalue weighted by Gasteiger charge is -2.19. The zero-order valence-electron chi connectivity index (χ0n) is 26.6. The van der Waals surface area contributed by atoms with Crippen LogP contribution in [0.5, 0.6) is 0 Å². The van der Waals surface area contributed by atoms with Crippen LogP contribution in [0.3, 0.4) is 0 Å². The smallest absolute Gasteiger partial charge is 0.458 e. The fourth-order valence-corrected chi connectivity index (χ4v) is 4.16. The maximum absolute atomic E-state index is 12.3. The molecule has 1 radical (unpaired) electrons. The minimum Gasteiger partial charge on any atom is -0.458 e. The zero-order valence-corrected chi connectivity index (χ0v) is 26.6. The standard InChI is InChI=1S/C32H62NO7/c1-6-10-12-14-16-18-24-36-31(37-25-19-17-15-13-11-7-2)22-21-30(34)39-27-29(5)28-40-32(35)38-26-20-23-33(8-3)9-4/h27,29,31H,6-26,28H2,1-5H3. The molecule has 0 heterocycles. The Labute approximate surface area is 246 Å². The van der Waals surface area contributed by atoms with Crippen LogP contribution in [0.4, 0.5) is 4.79 Å². The average molecular weight is 573 g/mol. The molecule has 8 heteroatoms. The summed E-state index contributed by atoms with van der Waals surface area (Å²) < 4.78 is 27.5. The minimum absolute atomic E-state index is 0.0908. The minimum atomic E-state index is -0.695. The molecule has 0 N–H and O–H groups in total. The maximum atomic E-state index is 12.3. The lowest BCUT2D eigenvalue weighted by Crippen LogP contribution is -2.25.